The van der Waals surface area contributed by atoms with Crippen molar-refractivity contribution in [3.05, 3.63) is 65.2 Å². The maximum Gasteiger partial charge on any atom is 0.119 e. The summed E-state index contributed by atoms with van der Waals surface area (Å²) in [6, 6.07) is 16.8. The van der Waals surface area contributed by atoms with E-state index < -0.39 is 6.10 Å². The molecule has 5 heteroatoms. The number of ether oxygens (including phenoxy) is 2. The van der Waals surface area contributed by atoms with Gasteiger partial charge in [-0.25, -0.2) is 0 Å². The maximum atomic E-state index is 10.5. The Morgan fingerprint density at radius 2 is 1.86 bits per heavy atom. The summed E-state index contributed by atoms with van der Waals surface area (Å²) in [5.41, 5.74) is 4.05. The highest BCUT2D eigenvalue weighted by atomic mass is 16.5. The topological polar surface area (TPSA) is 45.2 Å². The van der Waals surface area contributed by atoms with Crippen molar-refractivity contribution in [1.29, 1.82) is 0 Å². The fourth-order valence-electron chi connectivity index (χ4n) is 4.20. The van der Waals surface area contributed by atoms with E-state index in [0.717, 1.165) is 64.5 Å². The van der Waals surface area contributed by atoms with Gasteiger partial charge in [0.25, 0.3) is 0 Å². The van der Waals surface area contributed by atoms with Crippen molar-refractivity contribution in [2.24, 2.45) is 0 Å². The average Bonchev–Trinajstić information content (AvgIpc) is 3.01. The molecule has 1 saturated heterocycles. The predicted molar refractivity (Wildman–Crippen MR) is 114 cm³/mol. The van der Waals surface area contributed by atoms with Gasteiger partial charge in [0, 0.05) is 45.9 Å². The van der Waals surface area contributed by atoms with Crippen LogP contribution in [-0.2, 0) is 24.2 Å². The molecule has 0 aliphatic carbocycles. The highest BCUT2D eigenvalue weighted by Crippen LogP contribution is 2.19. The first-order valence-electron chi connectivity index (χ1n) is 10.8. The highest BCUT2D eigenvalue weighted by molar-refractivity contribution is 5.29. The van der Waals surface area contributed by atoms with Gasteiger partial charge in [-0.15, -0.1) is 0 Å². The van der Waals surface area contributed by atoms with Gasteiger partial charge in [-0.1, -0.05) is 36.4 Å². The van der Waals surface area contributed by atoms with Crippen LogP contribution in [0.5, 0.6) is 5.75 Å². The minimum absolute atomic E-state index is 0.319. The van der Waals surface area contributed by atoms with Gasteiger partial charge in [-0.05, 0) is 41.7 Å². The molecule has 1 N–H and O–H groups in total. The minimum Gasteiger partial charge on any atom is -0.491 e. The van der Waals surface area contributed by atoms with Crippen LogP contribution in [0.25, 0.3) is 0 Å². The molecule has 1 fully saturated rings. The van der Waals surface area contributed by atoms with Gasteiger partial charge in [0.15, 0.2) is 0 Å². The molecule has 0 amide bonds. The number of hydrogen-bond acceptors (Lipinski definition) is 5. The molecular formula is C24H32N2O3. The van der Waals surface area contributed by atoms with Crippen molar-refractivity contribution in [2.45, 2.75) is 32.0 Å². The van der Waals surface area contributed by atoms with Gasteiger partial charge >= 0.3 is 0 Å². The molecule has 156 valence electrons. The second-order valence-corrected chi connectivity index (χ2v) is 8.11. The summed E-state index contributed by atoms with van der Waals surface area (Å²) in [7, 11) is 0. The Hall–Kier alpha value is -1.92. The van der Waals surface area contributed by atoms with Crippen LogP contribution in [0.15, 0.2) is 48.5 Å². The third-order valence-electron chi connectivity index (χ3n) is 5.74. The number of hydrogen-bond donors (Lipinski definition) is 1. The molecular weight excluding hydrogens is 364 g/mol. The van der Waals surface area contributed by atoms with Crippen molar-refractivity contribution in [3.63, 3.8) is 0 Å². The molecule has 5 nitrogen and oxygen atoms in total. The summed E-state index contributed by atoms with van der Waals surface area (Å²) in [6.07, 6.45) is 1.64. The van der Waals surface area contributed by atoms with E-state index in [1.807, 2.05) is 12.1 Å². The Labute approximate surface area is 173 Å². The average molecular weight is 397 g/mol. The van der Waals surface area contributed by atoms with E-state index in [1.165, 1.54) is 16.7 Å². The Morgan fingerprint density at radius 1 is 0.966 bits per heavy atom. The van der Waals surface area contributed by atoms with E-state index >= 15 is 0 Å². The molecule has 0 bridgehead atoms. The molecule has 2 heterocycles. The predicted octanol–water partition coefficient (Wildman–Crippen LogP) is 2.71. The van der Waals surface area contributed by atoms with E-state index in [4.69, 9.17) is 9.47 Å². The molecule has 0 spiro atoms. The molecule has 0 saturated carbocycles. The molecule has 2 aliphatic heterocycles. The van der Waals surface area contributed by atoms with Crippen molar-refractivity contribution in [3.8, 4) is 5.75 Å². The van der Waals surface area contributed by atoms with Gasteiger partial charge in [0.2, 0.25) is 0 Å². The standard InChI is InChI=1S/C24H32N2O3/c27-23(18-26-11-9-21-6-1-2-7-22(21)17-26)19-29-24-8-3-5-20(15-24)16-25-10-4-13-28-14-12-25/h1-3,5-8,15,23,27H,4,9-14,16-19H2/t23-/m0/s1. The summed E-state index contributed by atoms with van der Waals surface area (Å²) in [4.78, 5) is 4.74. The summed E-state index contributed by atoms with van der Waals surface area (Å²) >= 11 is 0. The number of benzene rings is 2. The van der Waals surface area contributed by atoms with Gasteiger partial charge in [0.05, 0.1) is 6.61 Å². The van der Waals surface area contributed by atoms with E-state index in [9.17, 15) is 5.11 Å². The first kappa shape index (κ1) is 20.4. The lowest BCUT2D eigenvalue weighted by Gasteiger charge is -2.30. The molecule has 1 atom stereocenters. The van der Waals surface area contributed by atoms with Crippen LogP contribution in [0, 0.1) is 0 Å². The minimum atomic E-state index is -0.494. The molecule has 4 rings (SSSR count). The van der Waals surface area contributed by atoms with Crippen molar-refractivity contribution < 1.29 is 14.6 Å². The normalized spacial score (nSPS) is 19.3. The lowest BCUT2D eigenvalue weighted by molar-refractivity contribution is 0.0637. The SMILES string of the molecule is O[C@H](COc1cccc(CN2CCCOCC2)c1)CN1CCc2ccccc2C1. The second kappa shape index (κ2) is 10.2. The quantitative estimate of drug-likeness (QED) is 0.780. The first-order valence-corrected chi connectivity index (χ1v) is 10.8. The van der Waals surface area contributed by atoms with Gasteiger partial charge < -0.3 is 14.6 Å². The number of fused-ring (bicyclic) bond motifs is 1. The Morgan fingerprint density at radius 3 is 2.79 bits per heavy atom. The van der Waals surface area contributed by atoms with Crippen LogP contribution in [0.3, 0.4) is 0 Å². The van der Waals surface area contributed by atoms with Crippen LogP contribution in [-0.4, -0.2) is 67.0 Å². The summed E-state index contributed by atoms with van der Waals surface area (Å²) in [5.74, 6) is 0.830. The second-order valence-electron chi connectivity index (χ2n) is 8.11. The molecule has 2 aromatic rings. The molecule has 2 aliphatic rings. The fraction of sp³-hybridized carbons (Fsp3) is 0.500. The summed E-state index contributed by atoms with van der Waals surface area (Å²) < 4.78 is 11.4. The number of nitrogens with zero attached hydrogens (tertiary/aromatic N) is 2. The van der Waals surface area contributed by atoms with Gasteiger partial charge in [0.1, 0.15) is 18.5 Å². The van der Waals surface area contributed by atoms with Crippen LogP contribution < -0.4 is 4.74 Å². The van der Waals surface area contributed by atoms with Crippen LogP contribution >= 0.6 is 0 Å². The number of rotatable bonds is 7. The van der Waals surface area contributed by atoms with Crippen LogP contribution in [0.4, 0.5) is 0 Å². The first-order chi connectivity index (χ1) is 14.3. The number of β-amino-alcohol motifs (C(OH)–C–C–N with tert-alkyl or cyclic N) is 1. The van der Waals surface area contributed by atoms with Crippen LogP contribution in [0.2, 0.25) is 0 Å². The fourth-order valence-corrected chi connectivity index (χ4v) is 4.20. The van der Waals surface area contributed by atoms with Crippen molar-refractivity contribution >= 4 is 0 Å². The van der Waals surface area contributed by atoms with E-state index in [-0.39, 0.29) is 0 Å². The number of aliphatic hydroxyl groups is 1. The smallest absolute Gasteiger partial charge is 0.119 e. The maximum absolute atomic E-state index is 10.5. The Kier molecular flexibility index (Phi) is 7.17. The zero-order valence-corrected chi connectivity index (χ0v) is 17.1. The van der Waals surface area contributed by atoms with E-state index in [0.29, 0.717) is 13.2 Å². The van der Waals surface area contributed by atoms with Crippen molar-refractivity contribution in [1.82, 2.24) is 9.80 Å². The largest absolute Gasteiger partial charge is 0.491 e. The molecule has 2 aromatic carbocycles. The monoisotopic (exact) mass is 396 g/mol. The Bertz CT molecular complexity index is 774. The van der Waals surface area contributed by atoms with Gasteiger partial charge in [-0.3, -0.25) is 9.80 Å². The van der Waals surface area contributed by atoms with Crippen LogP contribution in [0.1, 0.15) is 23.1 Å². The Balaban J connectivity index is 1.24. The van der Waals surface area contributed by atoms with E-state index in [2.05, 4.69) is 46.2 Å². The van der Waals surface area contributed by atoms with E-state index in [1.54, 1.807) is 0 Å². The zero-order valence-electron chi connectivity index (χ0n) is 17.1. The molecule has 0 aromatic heterocycles. The number of aliphatic hydroxyl groups excluding tert-OH is 1. The molecule has 0 unspecified atom stereocenters. The molecule has 29 heavy (non-hydrogen) atoms. The lowest BCUT2D eigenvalue weighted by atomic mass is 10.00. The lowest BCUT2D eigenvalue weighted by Crippen LogP contribution is -2.38. The zero-order chi connectivity index (χ0) is 19.9. The third kappa shape index (κ3) is 6.03. The van der Waals surface area contributed by atoms with Gasteiger partial charge in [-0.2, -0.15) is 0 Å². The third-order valence-corrected chi connectivity index (χ3v) is 5.74. The summed E-state index contributed by atoms with van der Waals surface area (Å²) in [6.45, 7) is 7.48. The highest BCUT2D eigenvalue weighted by Gasteiger charge is 2.19. The summed E-state index contributed by atoms with van der Waals surface area (Å²) in [5, 5.41) is 10.5. The molecule has 0 radical (unpaired) electrons. The van der Waals surface area contributed by atoms with Crippen molar-refractivity contribution in [2.75, 3.05) is 46.0 Å².